The molecule has 220 valence electrons. The van der Waals surface area contributed by atoms with Gasteiger partial charge in [0.2, 0.25) is 11.9 Å². The van der Waals surface area contributed by atoms with E-state index in [1.165, 1.54) is 12.2 Å². The van der Waals surface area contributed by atoms with Gasteiger partial charge in [0.15, 0.2) is 11.6 Å². The topological polar surface area (TPSA) is 213 Å². The second kappa shape index (κ2) is 15.4. The van der Waals surface area contributed by atoms with Crippen LogP contribution in [-0.4, -0.2) is 90.8 Å². The molecule has 3 aliphatic rings. The van der Waals surface area contributed by atoms with Crippen molar-refractivity contribution in [3.63, 3.8) is 0 Å². The van der Waals surface area contributed by atoms with Crippen molar-refractivity contribution in [1.29, 1.82) is 0 Å². The Morgan fingerprint density at radius 3 is 1.59 bits per heavy atom. The zero-order valence-electron chi connectivity index (χ0n) is 23.3. The first-order valence-electron chi connectivity index (χ1n) is 12.7. The minimum absolute atomic E-state index is 0.0787. The number of aryl methyl sites for hydroxylation is 4. The van der Waals surface area contributed by atoms with E-state index in [4.69, 9.17) is 15.3 Å². The summed E-state index contributed by atoms with van der Waals surface area (Å²) in [6.07, 6.45) is 2.82. The van der Waals surface area contributed by atoms with E-state index in [2.05, 4.69) is 25.3 Å². The molecule has 2 aromatic rings. The fourth-order valence-corrected chi connectivity index (χ4v) is 4.34. The third-order valence-electron chi connectivity index (χ3n) is 5.93. The standard InChI is InChI=1S/C13H15N3O2.C8H11N3O2.C5H4O2.CH4O2/c1-7-3-8(2)15-13(14-7)16-5-9-10(6-16)12(18)4-11(9)17;1-5-3-6(2)11-8(10-5)9-4-7(12)13;6-4-1-2-5(7)3-4;2-1-3/h3,9-10H,4-6H2,1-2H3;3H,4H2,1-2H3,(H,12,13)(H,9,10,11);1-2H,3H2;2-3H,1H2/t9-,10+;;;. The summed E-state index contributed by atoms with van der Waals surface area (Å²) in [6.45, 7) is 7.76. The number of Topliss-reactive ketones (excluding diaryl/α,β-unsaturated/α-hetero) is 2. The molecule has 1 aliphatic heterocycles. The Morgan fingerprint density at radius 2 is 1.22 bits per heavy atom. The predicted molar refractivity (Wildman–Crippen MR) is 146 cm³/mol. The van der Waals surface area contributed by atoms with E-state index in [1.807, 2.05) is 44.7 Å². The zero-order valence-corrected chi connectivity index (χ0v) is 23.3. The number of aliphatic hydroxyl groups is 2. The molecule has 0 spiro atoms. The molecule has 41 heavy (non-hydrogen) atoms. The highest BCUT2D eigenvalue weighted by Gasteiger charge is 2.47. The Kier molecular flexibility index (Phi) is 12.3. The van der Waals surface area contributed by atoms with E-state index in [1.54, 1.807) is 0 Å². The lowest BCUT2D eigenvalue weighted by molar-refractivity contribution is -0.135. The number of nitrogens with zero attached hydrogens (tertiary/aromatic N) is 5. The van der Waals surface area contributed by atoms with Crippen LogP contribution in [0.15, 0.2) is 24.3 Å². The number of carboxylic acids is 1. The Hall–Kier alpha value is -4.43. The van der Waals surface area contributed by atoms with Crippen molar-refractivity contribution in [2.24, 2.45) is 11.8 Å². The second-order valence-corrected chi connectivity index (χ2v) is 9.48. The van der Waals surface area contributed by atoms with E-state index in [0.717, 1.165) is 22.8 Å². The summed E-state index contributed by atoms with van der Waals surface area (Å²) in [5.74, 6) is -0.197. The summed E-state index contributed by atoms with van der Waals surface area (Å²) < 4.78 is 0. The minimum atomic E-state index is -0.928. The average molecular weight is 571 g/mol. The van der Waals surface area contributed by atoms with Crippen molar-refractivity contribution in [2.75, 3.05) is 36.6 Å². The molecule has 0 aromatic carbocycles. The molecule has 2 aromatic heterocycles. The van der Waals surface area contributed by atoms with Crippen LogP contribution in [0, 0.1) is 39.5 Å². The molecule has 0 unspecified atom stereocenters. The molecule has 2 aliphatic carbocycles. The first-order valence-corrected chi connectivity index (χ1v) is 12.7. The number of aromatic nitrogens is 4. The number of rotatable bonds is 4. The number of anilines is 2. The van der Waals surface area contributed by atoms with E-state index in [0.29, 0.717) is 25.0 Å². The van der Waals surface area contributed by atoms with Gasteiger partial charge in [0.1, 0.15) is 24.9 Å². The largest absolute Gasteiger partial charge is 0.480 e. The summed E-state index contributed by atoms with van der Waals surface area (Å²) in [6, 6.07) is 3.74. The Balaban J connectivity index is 0.000000223. The van der Waals surface area contributed by atoms with E-state index >= 15 is 0 Å². The molecule has 0 amide bonds. The average Bonchev–Trinajstić information content (AvgIpc) is 3.55. The monoisotopic (exact) mass is 570 g/mol. The van der Waals surface area contributed by atoms with Crippen LogP contribution in [0.4, 0.5) is 11.9 Å². The normalized spacial score (nSPS) is 18.5. The van der Waals surface area contributed by atoms with Gasteiger partial charge in [0.25, 0.3) is 0 Å². The molecule has 1 saturated carbocycles. The van der Waals surface area contributed by atoms with Gasteiger partial charge in [-0.15, -0.1) is 0 Å². The highest BCUT2D eigenvalue weighted by atomic mass is 16.5. The van der Waals surface area contributed by atoms with Crippen LogP contribution in [-0.2, 0) is 24.0 Å². The van der Waals surface area contributed by atoms with E-state index in [-0.39, 0.29) is 54.4 Å². The van der Waals surface area contributed by atoms with Crippen LogP contribution >= 0.6 is 0 Å². The van der Waals surface area contributed by atoms with Crippen LogP contribution < -0.4 is 10.2 Å². The molecule has 14 heteroatoms. The molecule has 1 saturated heterocycles. The van der Waals surface area contributed by atoms with Crippen LogP contribution in [0.3, 0.4) is 0 Å². The highest BCUT2D eigenvalue weighted by molar-refractivity contribution is 6.16. The lowest BCUT2D eigenvalue weighted by atomic mass is 10.00. The number of ketones is 4. The van der Waals surface area contributed by atoms with Gasteiger partial charge in [-0.3, -0.25) is 24.0 Å². The molecule has 0 bridgehead atoms. The molecule has 5 rings (SSSR count). The van der Waals surface area contributed by atoms with Gasteiger partial charge in [0, 0.05) is 47.7 Å². The summed E-state index contributed by atoms with van der Waals surface area (Å²) in [4.78, 5) is 72.7. The van der Waals surface area contributed by atoms with Crippen LogP contribution in [0.25, 0.3) is 0 Å². The number of allylic oxidation sites excluding steroid dienone is 2. The second-order valence-electron chi connectivity index (χ2n) is 9.48. The summed E-state index contributed by atoms with van der Waals surface area (Å²) in [5.41, 5.74) is 3.46. The van der Waals surface area contributed by atoms with Crippen LogP contribution in [0.5, 0.6) is 0 Å². The van der Waals surface area contributed by atoms with Gasteiger partial charge in [-0.25, -0.2) is 19.9 Å². The van der Waals surface area contributed by atoms with Crippen molar-refractivity contribution in [1.82, 2.24) is 19.9 Å². The van der Waals surface area contributed by atoms with E-state index in [9.17, 15) is 24.0 Å². The minimum Gasteiger partial charge on any atom is -0.480 e. The summed E-state index contributed by atoms with van der Waals surface area (Å²) >= 11 is 0. The van der Waals surface area contributed by atoms with Gasteiger partial charge >= 0.3 is 5.97 Å². The van der Waals surface area contributed by atoms with E-state index < -0.39 is 12.8 Å². The number of carbonyl (C=O) groups is 5. The quantitative estimate of drug-likeness (QED) is 0.287. The Bertz CT molecular complexity index is 1250. The number of hydrogen-bond acceptors (Lipinski definition) is 13. The van der Waals surface area contributed by atoms with Gasteiger partial charge in [-0.1, -0.05) is 0 Å². The van der Waals surface area contributed by atoms with Crippen LogP contribution in [0.2, 0.25) is 0 Å². The number of aliphatic carboxylic acids is 1. The molecular formula is C27H34N6O8. The number of aliphatic hydroxyl groups excluding tert-OH is 1. The SMILES string of the molecule is Cc1cc(C)nc(N2C[C@@H]3C(=O)CC(=O)[C@@H]3C2)n1.Cc1cc(C)nc(NCC(=O)O)n1.O=C1C=CC(=O)C1.OCO. The van der Waals surface area contributed by atoms with Crippen molar-refractivity contribution >= 4 is 41.0 Å². The number of carbonyl (C=O) groups excluding carboxylic acids is 4. The maximum atomic E-state index is 11.7. The van der Waals surface area contributed by atoms with Crippen molar-refractivity contribution < 1.29 is 39.3 Å². The molecule has 3 heterocycles. The Labute approximate surface area is 236 Å². The number of hydrogen-bond donors (Lipinski definition) is 4. The molecule has 0 radical (unpaired) electrons. The fourth-order valence-electron chi connectivity index (χ4n) is 4.34. The van der Waals surface area contributed by atoms with Gasteiger partial charge in [-0.05, 0) is 52.0 Å². The maximum absolute atomic E-state index is 11.7. The van der Waals surface area contributed by atoms with Crippen LogP contribution in [0.1, 0.15) is 35.6 Å². The lowest BCUT2D eigenvalue weighted by Crippen LogP contribution is -2.26. The van der Waals surface area contributed by atoms with Crippen molar-refractivity contribution in [3.8, 4) is 0 Å². The summed E-state index contributed by atoms with van der Waals surface area (Å²) in [7, 11) is 0. The number of fused-ring (bicyclic) bond motifs is 1. The third kappa shape index (κ3) is 10.6. The van der Waals surface area contributed by atoms with Gasteiger partial charge in [0.05, 0.1) is 12.8 Å². The highest BCUT2D eigenvalue weighted by Crippen LogP contribution is 2.34. The Morgan fingerprint density at radius 1 is 0.805 bits per heavy atom. The molecule has 4 N–H and O–H groups in total. The first kappa shape index (κ1) is 32.8. The first-order chi connectivity index (χ1) is 19.3. The molecule has 2 atom stereocenters. The smallest absolute Gasteiger partial charge is 0.322 e. The maximum Gasteiger partial charge on any atom is 0.322 e. The number of carboxylic acid groups (broad SMARTS) is 1. The molecular weight excluding hydrogens is 536 g/mol. The summed E-state index contributed by atoms with van der Waals surface area (Å²) in [5, 5.41) is 25.2. The fraction of sp³-hybridized carbons (Fsp3) is 0.444. The lowest BCUT2D eigenvalue weighted by Gasteiger charge is -2.17. The zero-order chi connectivity index (χ0) is 30.7. The molecule has 2 fully saturated rings. The predicted octanol–water partition coefficient (Wildman–Crippen LogP) is 0.291. The van der Waals surface area contributed by atoms with Crippen molar-refractivity contribution in [3.05, 3.63) is 47.1 Å². The molecule has 14 nitrogen and oxygen atoms in total. The van der Waals surface area contributed by atoms with Gasteiger partial charge < -0.3 is 25.5 Å². The van der Waals surface area contributed by atoms with Gasteiger partial charge in [-0.2, -0.15) is 0 Å². The van der Waals surface area contributed by atoms with Crippen molar-refractivity contribution in [2.45, 2.75) is 40.5 Å². The number of nitrogens with one attached hydrogen (secondary N) is 1. The third-order valence-corrected chi connectivity index (χ3v) is 5.93.